The zero-order chi connectivity index (χ0) is 17.6. The van der Waals surface area contributed by atoms with Crippen LogP contribution in [0.2, 0.25) is 0 Å². The number of amides is 1. The highest BCUT2D eigenvalue weighted by Crippen LogP contribution is 2.28. The summed E-state index contributed by atoms with van der Waals surface area (Å²) in [6.07, 6.45) is 1.58. The Bertz CT molecular complexity index is 844. The van der Waals surface area contributed by atoms with E-state index in [0.29, 0.717) is 18.8 Å². The Morgan fingerprint density at radius 3 is 1.88 bits per heavy atom. The summed E-state index contributed by atoms with van der Waals surface area (Å²) in [6, 6.07) is 19.8. The second-order valence-electron chi connectivity index (χ2n) is 5.66. The number of rotatable bonds is 5. The molecule has 0 aliphatic heterocycles. The SMILES string of the molecule is CCN(CC)C(=O)c1cnc(-c2ccccc2)c(-c2ccccc2)n1. The molecule has 1 amide bonds. The van der Waals surface area contributed by atoms with Crippen molar-refractivity contribution in [3.8, 4) is 22.5 Å². The Morgan fingerprint density at radius 2 is 1.36 bits per heavy atom. The molecular formula is C21H21N3O. The molecule has 2 aromatic carbocycles. The molecule has 0 fully saturated rings. The largest absolute Gasteiger partial charge is 0.338 e. The van der Waals surface area contributed by atoms with Gasteiger partial charge in [-0.3, -0.25) is 9.78 Å². The van der Waals surface area contributed by atoms with E-state index in [9.17, 15) is 4.79 Å². The molecule has 3 aromatic rings. The van der Waals surface area contributed by atoms with Crippen molar-refractivity contribution in [3.63, 3.8) is 0 Å². The maximum absolute atomic E-state index is 12.7. The summed E-state index contributed by atoms with van der Waals surface area (Å²) in [5.41, 5.74) is 3.81. The first-order valence-corrected chi connectivity index (χ1v) is 8.51. The minimum Gasteiger partial charge on any atom is -0.338 e. The first-order valence-electron chi connectivity index (χ1n) is 8.51. The average Bonchev–Trinajstić information content (AvgIpc) is 2.69. The molecule has 0 saturated heterocycles. The molecule has 0 saturated carbocycles. The minimum atomic E-state index is -0.0886. The molecule has 0 aliphatic carbocycles. The lowest BCUT2D eigenvalue weighted by Gasteiger charge is -2.18. The van der Waals surface area contributed by atoms with Gasteiger partial charge in [-0.25, -0.2) is 4.98 Å². The quantitative estimate of drug-likeness (QED) is 0.700. The van der Waals surface area contributed by atoms with Crippen molar-refractivity contribution >= 4 is 5.91 Å². The van der Waals surface area contributed by atoms with Crippen LogP contribution in [0.4, 0.5) is 0 Å². The second-order valence-corrected chi connectivity index (χ2v) is 5.66. The molecule has 0 atom stereocenters. The second kappa shape index (κ2) is 7.71. The number of carbonyl (C=O) groups excluding carboxylic acids is 1. The fourth-order valence-electron chi connectivity index (χ4n) is 2.77. The van der Waals surface area contributed by atoms with Crippen LogP contribution in [0, 0.1) is 0 Å². The van der Waals surface area contributed by atoms with E-state index in [0.717, 1.165) is 22.5 Å². The number of hydrogen-bond donors (Lipinski definition) is 0. The molecule has 0 unspecified atom stereocenters. The Balaban J connectivity index is 2.13. The third-order valence-corrected chi connectivity index (χ3v) is 4.14. The van der Waals surface area contributed by atoms with Gasteiger partial charge < -0.3 is 4.90 Å². The van der Waals surface area contributed by atoms with Crippen LogP contribution in [0.3, 0.4) is 0 Å². The fraction of sp³-hybridized carbons (Fsp3) is 0.190. The summed E-state index contributed by atoms with van der Waals surface area (Å²) in [4.78, 5) is 23.7. The summed E-state index contributed by atoms with van der Waals surface area (Å²) >= 11 is 0. The molecule has 0 radical (unpaired) electrons. The van der Waals surface area contributed by atoms with Crippen molar-refractivity contribution in [3.05, 3.63) is 72.6 Å². The van der Waals surface area contributed by atoms with E-state index in [2.05, 4.69) is 9.97 Å². The van der Waals surface area contributed by atoms with E-state index in [1.807, 2.05) is 74.5 Å². The van der Waals surface area contributed by atoms with E-state index >= 15 is 0 Å². The standard InChI is InChI=1S/C21H21N3O/c1-3-24(4-2)21(25)18-15-22-19(16-11-7-5-8-12-16)20(23-18)17-13-9-6-10-14-17/h5-15H,3-4H2,1-2H3. The maximum Gasteiger partial charge on any atom is 0.274 e. The Labute approximate surface area is 148 Å². The van der Waals surface area contributed by atoms with Crippen LogP contribution < -0.4 is 0 Å². The number of aromatic nitrogens is 2. The van der Waals surface area contributed by atoms with Crippen LogP contribution in [0.15, 0.2) is 66.9 Å². The Morgan fingerprint density at radius 1 is 0.840 bits per heavy atom. The van der Waals surface area contributed by atoms with Gasteiger partial charge in [0.2, 0.25) is 0 Å². The molecule has 25 heavy (non-hydrogen) atoms. The van der Waals surface area contributed by atoms with E-state index in [1.54, 1.807) is 11.1 Å². The van der Waals surface area contributed by atoms with Gasteiger partial charge in [0.05, 0.1) is 17.6 Å². The van der Waals surface area contributed by atoms with Gasteiger partial charge in [0, 0.05) is 24.2 Å². The molecule has 3 rings (SSSR count). The summed E-state index contributed by atoms with van der Waals surface area (Å²) in [5.74, 6) is -0.0886. The summed E-state index contributed by atoms with van der Waals surface area (Å²) in [5, 5.41) is 0. The number of hydrogen-bond acceptors (Lipinski definition) is 3. The first kappa shape index (κ1) is 16.8. The Hall–Kier alpha value is -3.01. The minimum absolute atomic E-state index is 0.0886. The van der Waals surface area contributed by atoms with Gasteiger partial charge in [0.15, 0.2) is 0 Å². The van der Waals surface area contributed by atoms with Crippen molar-refractivity contribution in [2.75, 3.05) is 13.1 Å². The molecule has 0 spiro atoms. The van der Waals surface area contributed by atoms with Gasteiger partial charge in [0.25, 0.3) is 5.91 Å². The molecule has 0 N–H and O–H groups in total. The van der Waals surface area contributed by atoms with E-state index in [4.69, 9.17) is 0 Å². The molecule has 1 aromatic heterocycles. The predicted molar refractivity (Wildman–Crippen MR) is 100 cm³/mol. The predicted octanol–water partition coefficient (Wildman–Crippen LogP) is 4.29. The highest BCUT2D eigenvalue weighted by molar-refractivity contribution is 5.93. The van der Waals surface area contributed by atoms with Gasteiger partial charge in [-0.05, 0) is 13.8 Å². The summed E-state index contributed by atoms with van der Waals surface area (Å²) in [6.45, 7) is 5.23. The molecule has 4 heteroatoms. The van der Waals surface area contributed by atoms with Crippen LogP contribution >= 0.6 is 0 Å². The smallest absolute Gasteiger partial charge is 0.274 e. The van der Waals surface area contributed by atoms with Crippen LogP contribution in [0.1, 0.15) is 24.3 Å². The first-order chi connectivity index (χ1) is 12.2. The third-order valence-electron chi connectivity index (χ3n) is 4.14. The van der Waals surface area contributed by atoms with E-state index < -0.39 is 0 Å². The number of nitrogens with zero attached hydrogens (tertiary/aromatic N) is 3. The van der Waals surface area contributed by atoms with Crippen molar-refractivity contribution in [2.24, 2.45) is 0 Å². The van der Waals surface area contributed by atoms with Crippen molar-refractivity contribution in [1.82, 2.24) is 14.9 Å². The third kappa shape index (κ3) is 3.58. The van der Waals surface area contributed by atoms with E-state index in [1.165, 1.54) is 0 Å². The zero-order valence-corrected chi connectivity index (χ0v) is 14.5. The van der Waals surface area contributed by atoms with Crippen LogP contribution in [0.5, 0.6) is 0 Å². The Kier molecular flexibility index (Phi) is 5.19. The van der Waals surface area contributed by atoms with Crippen molar-refractivity contribution in [1.29, 1.82) is 0 Å². The maximum atomic E-state index is 12.7. The lowest BCUT2D eigenvalue weighted by atomic mass is 10.0. The van der Waals surface area contributed by atoms with Crippen molar-refractivity contribution in [2.45, 2.75) is 13.8 Å². The normalized spacial score (nSPS) is 10.5. The summed E-state index contributed by atoms with van der Waals surface area (Å²) < 4.78 is 0. The summed E-state index contributed by atoms with van der Waals surface area (Å²) in [7, 11) is 0. The lowest BCUT2D eigenvalue weighted by Crippen LogP contribution is -2.31. The van der Waals surface area contributed by atoms with Crippen LogP contribution in [-0.2, 0) is 0 Å². The number of carbonyl (C=O) groups is 1. The fourth-order valence-corrected chi connectivity index (χ4v) is 2.77. The van der Waals surface area contributed by atoms with Gasteiger partial charge in [-0.1, -0.05) is 60.7 Å². The monoisotopic (exact) mass is 331 g/mol. The van der Waals surface area contributed by atoms with Crippen LogP contribution in [-0.4, -0.2) is 33.9 Å². The average molecular weight is 331 g/mol. The topological polar surface area (TPSA) is 46.1 Å². The van der Waals surface area contributed by atoms with Gasteiger partial charge in [0.1, 0.15) is 5.69 Å². The molecule has 126 valence electrons. The molecule has 4 nitrogen and oxygen atoms in total. The highest BCUT2D eigenvalue weighted by Gasteiger charge is 2.18. The molecule has 0 bridgehead atoms. The molecule has 0 aliphatic rings. The number of benzene rings is 2. The van der Waals surface area contributed by atoms with Gasteiger partial charge in [-0.2, -0.15) is 0 Å². The highest BCUT2D eigenvalue weighted by atomic mass is 16.2. The zero-order valence-electron chi connectivity index (χ0n) is 14.5. The van der Waals surface area contributed by atoms with Gasteiger partial charge in [-0.15, -0.1) is 0 Å². The van der Waals surface area contributed by atoms with Crippen molar-refractivity contribution < 1.29 is 4.79 Å². The molecule has 1 heterocycles. The molecular weight excluding hydrogens is 310 g/mol. The van der Waals surface area contributed by atoms with Crippen LogP contribution in [0.25, 0.3) is 22.5 Å². The van der Waals surface area contributed by atoms with Gasteiger partial charge >= 0.3 is 0 Å². The lowest BCUT2D eigenvalue weighted by molar-refractivity contribution is 0.0767. The van der Waals surface area contributed by atoms with E-state index in [-0.39, 0.29) is 5.91 Å².